The predicted octanol–water partition coefficient (Wildman–Crippen LogP) is 2.58. The van der Waals surface area contributed by atoms with Crippen LogP contribution in [0.1, 0.15) is 33.6 Å². The summed E-state index contributed by atoms with van der Waals surface area (Å²) < 4.78 is 11.1. The van der Waals surface area contributed by atoms with E-state index in [1.54, 1.807) is 24.3 Å². The van der Waals surface area contributed by atoms with Gasteiger partial charge in [0.1, 0.15) is 29.7 Å². The summed E-state index contributed by atoms with van der Waals surface area (Å²) in [5, 5.41) is 9.40. The molecule has 0 saturated carbocycles. The molecule has 0 bridgehead atoms. The largest absolute Gasteiger partial charge is 0.508 e. The Hall–Kier alpha value is -1.75. The van der Waals surface area contributed by atoms with Gasteiger partial charge in [-0.25, -0.2) is 0 Å². The Morgan fingerprint density at radius 1 is 1.41 bits per heavy atom. The minimum atomic E-state index is -0.455. The molecule has 122 valence electrons. The highest BCUT2D eigenvalue weighted by atomic mass is 16.6. The highest BCUT2D eigenvalue weighted by molar-refractivity contribution is 5.76. The number of aromatic hydroxyl groups is 1. The lowest BCUT2D eigenvalue weighted by Gasteiger charge is -2.27. The number of phenols is 1. The lowest BCUT2D eigenvalue weighted by molar-refractivity contribution is -0.160. The van der Waals surface area contributed by atoms with Crippen LogP contribution in [-0.4, -0.2) is 47.3 Å². The van der Waals surface area contributed by atoms with Gasteiger partial charge in [-0.3, -0.25) is 9.69 Å². The highest BCUT2D eigenvalue weighted by Gasteiger charge is 2.33. The van der Waals surface area contributed by atoms with Gasteiger partial charge >= 0.3 is 5.97 Å². The van der Waals surface area contributed by atoms with Crippen LogP contribution in [0.2, 0.25) is 0 Å². The number of hydrogen-bond donors (Lipinski definition) is 1. The van der Waals surface area contributed by atoms with Crippen molar-refractivity contribution < 1.29 is 19.4 Å². The molecular weight excluding hydrogens is 282 g/mol. The van der Waals surface area contributed by atoms with Gasteiger partial charge in [0, 0.05) is 12.6 Å². The second kappa shape index (κ2) is 7.01. The number of phenolic OH excluding ortho intramolecular Hbond substituents is 1. The summed E-state index contributed by atoms with van der Waals surface area (Å²) in [4.78, 5) is 14.3. The summed E-state index contributed by atoms with van der Waals surface area (Å²) in [7, 11) is 0. The summed E-state index contributed by atoms with van der Waals surface area (Å²) in [5.41, 5.74) is -0.455. The van der Waals surface area contributed by atoms with Gasteiger partial charge in [-0.05, 0) is 52.3 Å². The Balaban J connectivity index is 1.82. The number of benzene rings is 1. The summed E-state index contributed by atoms with van der Waals surface area (Å²) in [6.07, 6.45) is 1.83. The predicted molar refractivity (Wildman–Crippen MR) is 84.0 cm³/mol. The van der Waals surface area contributed by atoms with Crippen LogP contribution in [0.4, 0.5) is 0 Å². The summed E-state index contributed by atoms with van der Waals surface area (Å²) in [5.74, 6) is 0.667. The normalized spacial score (nSPS) is 19.1. The molecule has 1 N–H and O–H groups in total. The molecule has 22 heavy (non-hydrogen) atoms. The zero-order chi connectivity index (χ0) is 16.2. The van der Waals surface area contributed by atoms with Crippen molar-refractivity contribution in [2.45, 2.75) is 45.3 Å². The molecule has 1 atom stereocenters. The Labute approximate surface area is 131 Å². The summed E-state index contributed by atoms with van der Waals surface area (Å²) >= 11 is 0. The maximum absolute atomic E-state index is 12.2. The van der Waals surface area contributed by atoms with Gasteiger partial charge in [-0.15, -0.1) is 0 Å². The lowest BCUT2D eigenvalue weighted by atomic mass is 10.1. The number of carbonyl (C=O) groups is 1. The second-order valence-electron chi connectivity index (χ2n) is 6.57. The molecule has 2 rings (SSSR count). The molecule has 0 aromatic heterocycles. The van der Waals surface area contributed by atoms with Gasteiger partial charge in [0.05, 0.1) is 0 Å². The van der Waals surface area contributed by atoms with Gasteiger partial charge in [-0.2, -0.15) is 0 Å². The van der Waals surface area contributed by atoms with Crippen molar-refractivity contribution >= 4 is 5.97 Å². The molecule has 5 heteroatoms. The first-order valence-electron chi connectivity index (χ1n) is 7.74. The highest BCUT2D eigenvalue weighted by Crippen LogP contribution is 2.21. The van der Waals surface area contributed by atoms with Gasteiger partial charge in [0.15, 0.2) is 0 Å². The smallest absolute Gasteiger partial charge is 0.323 e. The molecule has 1 aliphatic rings. The molecule has 1 aromatic rings. The molecule has 0 aliphatic carbocycles. The fourth-order valence-electron chi connectivity index (χ4n) is 2.58. The first kappa shape index (κ1) is 16.6. The fourth-order valence-corrected chi connectivity index (χ4v) is 2.58. The van der Waals surface area contributed by atoms with Crippen LogP contribution in [0.25, 0.3) is 0 Å². The Morgan fingerprint density at radius 2 is 2.18 bits per heavy atom. The fraction of sp³-hybridized carbons (Fsp3) is 0.588. The van der Waals surface area contributed by atoms with Gasteiger partial charge < -0.3 is 14.6 Å². The minimum absolute atomic E-state index is 0.151. The molecule has 0 unspecified atom stereocenters. The molecule has 0 amide bonds. The molecule has 1 aliphatic heterocycles. The van der Waals surface area contributed by atoms with Crippen LogP contribution in [0, 0.1) is 0 Å². The molecular formula is C17H25NO4. The third-order valence-corrected chi connectivity index (χ3v) is 3.51. The number of likely N-dealkylation sites (tertiary alicyclic amines) is 1. The van der Waals surface area contributed by atoms with Gasteiger partial charge in [-0.1, -0.05) is 6.07 Å². The van der Waals surface area contributed by atoms with Crippen molar-refractivity contribution in [2.24, 2.45) is 0 Å². The third kappa shape index (κ3) is 4.91. The zero-order valence-corrected chi connectivity index (χ0v) is 13.5. The van der Waals surface area contributed by atoms with Crippen LogP contribution in [0.3, 0.4) is 0 Å². The van der Waals surface area contributed by atoms with Crippen molar-refractivity contribution in [3.63, 3.8) is 0 Å². The van der Waals surface area contributed by atoms with E-state index in [1.807, 2.05) is 20.8 Å². The summed E-state index contributed by atoms with van der Waals surface area (Å²) in [6.45, 7) is 7.68. The maximum Gasteiger partial charge on any atom is 0.323 e. The van der Waals surface area contributed by atoms with Crippen molar-refractivity contribution in [1.29, 1.82) is 0 Å². The Kier molecular flexibility index (Phi) is 5.29. The third-order valence-electron chi connectivity index (χ3n) is 3.51. The first-order chi connectivity index (χ1) is 10.3. The number of esters is 1. The molecule has 1 aromatic carbocycles. The number of ether oxygens (including phenoxy) is 2. The number of nitrogens with zero attached hydrogens (tertiary/aromatic N) is 1. The minimum Gasteiger partial charge on any atom is -0.508 e. The maximum atomic E-state index is 12.2. The Bertz CT molecular complexity index is 510. The molecule has 1 saturated heterocycles. The van der Waals surface area contributed by atoms with Gasteiger partial charge in [0.25, 0.3) is 0 Å². The monoisotopic (exact) mass is 307 g/mol. The Morgan fingerprint density at radius 3 is 2.86 bits per heavy atom. The van der Waals surface area contributed by atoms with E-state index in [1.165, 1.54) is 0 Å². The van der Waals surface area contributed by atoms with Crippen molar-refractivity contribution in [3.05, 3.63) is 24.3 Å². The standard InChI is InChI=1S/C17H25NO4/c1-17(2,3)22-16(20)15-8-5-9-18(15)10-11-21-14-7-4-6-13(19)12-14/h4,6-7,12,15,19H,5,8-11H2,1-3H3/t15-/m0/s1. The first-order valence-corrected chi connectivity index (χ1v) is 7.74. The van der Waals surface area contributed by atoms with E-state index < -0.39 is 5.60 Å². The van der Waals surface area contributed by atoms with E-state index in [0.717, 1.165) is 19.4 Å². The molecule has 0 spiro atoms. The van der Waals surface area contributed by atoms with Crippen LogP contribution >= 0.6 is 0 Å². The van der Waals surface area contributed by atoms with E-state index in [2.05, 4.69) is 4.90 Å². The van der Waals surface area contributed by atoms with Crippen molar-refractivity contribution in [2.75, 3.05) is 19.7 Å². The van der Waals surface area contributed by atoms with Crippen LogP contribution < -0.4 is 4.74 Å². The number of rotatable bonds is 5. The van der Waals surface area contributed by atoms with E-state index in [4.69, 9.17) is 9.47 Å². The van der Waals surface area contributed by atoms with Crippen molar-refractivity contribution in [1.82, 2.24) is 4.90 Å². The molecule has 1 heterocycles. The van der Waals surface area contributed by atoms with Crippen LogP contribution in [0.5, 0.6) is 11.5 Å². The second-order valence-corrected chi connectivity index (χ2v) is 6.57. The number of carbonyl (C=O) groups excluding carboxylic acids is 1. The number of hydrogen-bond acceptors (Lipinski definition) is 5. The van der Waals surface area contributed by atoms with E-state index in [-0.39, 0.29) is 17.8 Å². The molecule has 1 fully saturated rings. The molecule has 5 nitrogen and oxygen atoms in total. The van der Waals surface area contributed by atoms with E-state index >= 15 is 0 Å². The summed E-state index contributed by atoms with van der Waals surface area (Å²) in [6, 6.07) is 6.55. The van der Waals surface area contributed by atoms with E-state index in [0.29, 0.717) is 18.9 Å². The molecule has 0 radical (unpaired) electrons. The lowest BCUT2D eigenvalue weighted by Crippen LogP contribution is -2.42. The van der Waals surface area contributed by atoms with E-state index in [9.17, 15) is 9.90 Å². The average Bonchev–Trinajstić information content (AvgIpc) is 2.85. The zero-order valence-electron chi connectivity index (χ0n) is 13.5. The van der Waals surface area contributed by atoms with Crippen LogP contribution in [0.15, 0.2) is 24.3 Å². The average molecular weight is 307 g/mol. The quantitative estimate of drug-likeness (QED) is 0.847. The van der Waals surface area contributed by atoms with Crippen LogP contribution in [-0.2, 0) is 9.53 Å². The topological polar surface area (TPSA) is 59.0 Å². The van der Waals surface area contributed by atoms with Gasteiger partial charge in [0.2, 0.25) is 0 Å². The SMILES string of the molecule is CC(C)(C)OC(=O)[C@@H]1CCCN1CCOc1cccc(O)c1. The van der Waals surface area contributed by atoms with Crippen molar-refractivity contribution in [3.8, 4) is 11.5 Å².